The predicted octanol–water partition coefficient (Wildman–Crippen LogP) is 1.64. The van der Waals surface area contributed by atoms with Crippen LogP contribution < -0.4 is 11.1 Å². The van der Waals surface area contributed by atoms with E-state index in [2.05, 4.69) is 59.8 Å². The lowest BCUT2D eigenvalue weighted by Gasteiger charge is -2.10. The Balaban J connectivity index is 0.000000289. The van der Waals surface area contributed by atoms with Gasteiger partial charge < -0.3 is 30.0 Å². The maximum absolute atomic E-state index is 12.7. The number of esters is 4. The number of nitrogens with one attached hydrogen (secondary N) is 2. The summed E-state index contributed by atoms with van der Waals surface area (Å²) in [4.78, 5) is 64.9. The number of nitrogens with two attached hydrogens (primary N) is 1. The van der Waals surface area contributed by atoms with E-state index in [9.17, 15) is 29.2 Å². The third-order valence-corrected chi connectivity index (χ3v) is 7.16. The Morgan fingerprint density at radius 1 is 0.891 bits per heavy atom. The van der Waals surface area contributed by atoms with Gasteiger partial charge in [0.15, 0.2) is 11.4 Å². The molecule has 0 atom stereocenters. The van der Waals surface area contributed by atoms with E-state index in [1.165, 1.54) is 33.2 Å². The molecule has 55 heavy (non-hydrogen) atoms. The smallest absolute Gasteiger partial charge is 0.384 e. The normalized spacial score (nSPS) is 9.78. The standard InChI is InChI=1S/C22H19ClN8O.C6H7N3O4.C6H6O4/c1-12-5-20(25)28-13(2)17(12)10-27-22(32)21-19(8-24)29-31(30-21)11-14-3-4-18-15(6-14)7-16(23)9-26-18;1-12-5(10)3-4(6(11)13-2)8-9-7-3;1-9-5(7)3-4-6(8)10-2/h3-7,9H,10-11H2,1-2H3,(H2,25,28)(H,27,32);1-2H3,(H,7,8,9);1-2H3. The molecule has 5 aromatic rings. The minimum Gasteiger partial charge on any atom is -0.464 e. The van der Waals surface area contributed by atoms with Gasteiger partial charge in [-0.25, -0.2) is 24.2 Å². The molecule has 21 heteroatoms. The van der Waals surface area contributed by atoms with Crippen molar-refractivity contribution in [3.8, 4) is 17.9 Å². The SMILES string of the molecule is COC(=O)C#CC(=O)OC.COC(=O)c1n[nH]nc1C(=O)OC.Cc1cc(N)nc(C)c1CNC(=O)c1nn(Cc2ccc3ncc(Cl)cc3c2)nc1C#N. The Morgan fingerprint density at radius 2 is 1.51 bits per heavy atom. The minimum absolute atomic E-state index is 0.0308. The summed E-state index contributed by atoms with van der Waals surface area (Å²) in [5.74, 6) is 0.733. The number of carbonyl (C=O) groups excluding carboxylic acids is 5. The molecule has 4 aromatic heterocycles. The largest absolute Gasteiger partial charge is 0.464 e. The van der Waals surface area contributed by atoms with Gasteiger partial charge in [-0.2, -0.15) is 15.3 Å². The number of amides is 1. The molecule has 4 N–H and O–H groups in total. The first-order valence-electron chi connectivity index (χ1n) is 15.4. The number of aromatic nitrogens is 8. The van der Waals surface area contributed by atoms with Crippen molar-refractivity contribution >= 4 is 58.1 Å². The van der Waals surface area contributed by atoms with E-state index in [4.69, 9.17) is 17.3 Å². The number of benzene rings is 1. The molecule has 0 unspecified atom stereocenters. The van der Waals surface area contributed by atoms with Crippen LogP contribution in [0.25, 0.3) is 10.9 Å². The van der Waals surface area contributed by atoms with E-state index in [0.29, 0.717) is 10.8 Å². The number of hydrogen-bond acceptors (Lipinski definition) is 17. The number of methoxy groups -OCH3 is 4. The fraction of sp³-hybridized carbons (Fsp3) is 0.235. The van der Waals surface area contributed by atoms with E-state index in [1.54, 1.807) is 12.3 Å². The van der Waals surface area contributed by atoms with Gasteiger partial charge in [-0.15, -0.1) is 20.4 Å². The Kier molecular flexibility index (Phi) is 15.2. The van der Waals surface area contributed by atoms with Crippen molar-refractivity contribution in [1.29, 1.82) is 5.26 Å². The van der Waals surface area contributed by atoms with Gasteiger partial charge in [0.1, 0.15) is 11.9 Å². The van der Waals surface area contributed by atoms with Gasteiger partial charge >= 0.3 is 23.9 Å². The number of H-pyrrole nitrogens is 1. The molecule has 1 amide bonds. The van der Waals surface area contributed by atoms with Crippen molar-refractivity contribution in [1.82, 2.24) is 45.7 Å². The van der Waals surface area contributed by atoms with Crippen LogP contribution in [0.4, 0.5) is 5.82 Å². The fourth-order valence-corrected chi connectivity index (χ4v) is 4.55. The lowest BCUT2D eigenvalue weighted by atomic mass is 10.1. The molecule has 5 rings (SSSR count). The van der Waals surface area contributed by atoms with Crippen LogP contribution in [-0.2, 0) is 41.6 Å². The monoisotopic (exact) mass is 773 g/mol. The number of hydrogen-bond donors (Lipinski definition) is 3. The molecule has 0 aliphatic carbocycles. The summed E-state index contributed by atoms with van der Waals surface area (Å²) in [6.07, 6.45) is 1.59. The first-order chi connectivity index (χ1) is 26.2. The number of nitriles is 1. The zero-order chi connectivity index (χ0) is 40.7. The number of anilines is 1. The van der Waals surface area contributed by atoms with Gasteiger partial charge in [-0.05, 0) is 54.8 Å². The third-order valence-electron chi connectivity index (χ3n) is 6.95. The van der Waals surface area contributed by atoms with Gasteiger partial charge in [-0.1, -0.05) is 17.7 Å². The Bertz CT molecular complexity index is 2270. The topological polar surface area (TPSA) is 282 Å². The summed E-state index contributed by atoms with van der Waals surface area (Å²) in [7, 11) is 4.71. The molecule has 0 saturated carbocycles. The zero-order valence-electron chi connectivity index (χ0n) is 30.1. The van der Waals surface area contributed by atoms with Crippen LogP contribution in [0.15, 0.2) is 36.5 Å². The number of nitrogen functional groups attached to an aromatic ring is 1. The molecular weight excluding hydrogens is 742 g/mol. The lowest BCUT2D eigenvalue weighted by Crippen LogP contribution is -2.25. The van der Waals surface area contributed by atoms with Gasteiger partial charge in [0, 0.05) is 35.7 Å². The first-order valence-corrected chi connectivity index (χ1v) is 15.8. The van der Waals surface area contributed by atoms with E-state index in [0.717, 1.165) is 33.3 Å². The van der Waals surface area contributed by atoms with Crippen LogP contribution in [-0.4, -0.2) is 98.6 Å². The Labute approximate surface area is 317 Å². The Hall–Kier alpha value is -7.45. The summed E-state index contributed by atoms with van der Waals surface area (Å²) in [5, 5.41) is 31.1. The number of rotatable bonds is 7. The fourth-order valence-electron chi connectivity index (χ4n) is 4.38. The van der Waals surface area contributed by atoms with Crippen LogP contribution in [0.3, 0.4) is 0 Å². The molecular formula is C34H32ClN11O9. The molecule has 20 nitrogen and oxygen atoms in total. The average molecular weight is 774 g/mol. The predicted molar refractivity (Wildman–Crippen MR) is 191 cm³/mol. The number of ether oxygens (including phenoxy) is 4. The highest BCUT2D eigenvalue weighted by atomic mass is 35.5. The van der Waals surface area contributed by atoms with Crippen molar-refractivity contribution in [2.24, 2.45) is 0 Å². The van der Waals surface area contributed by atoms with Crippen LogP contribution in [0, 0.1) is 37.0 Å². The highest BCUT2D eigenvalue weighted by Crippen LogP contribution is 2.19. The number of nitrogens with zero attached hydrogens (tertiary/aromatic N) is 8. The molecule has 0 aliphatic rings. The summed E-state index contributed by atoms with van der Waals surface area (Å²) < 4.78 is 17.0. The van der Waals surface area contributed by atoms with Gasteiger partial charge in [0.2, 0.25) is 11.4 Å². The van der Waals surface area contributed by atoms with Crippen molar-refractivity contribution in [3.63, 3.8) is 0 Å². The van der Waals surface area contributed by atoms with Crippen molar-refractivity contribution in [3.05, 3.63) is 86.7 Å². The molecule has 4 heterocycles. The van der Waals surface area contributed by atoms with Crippen molar-refractivity contribution in [2.75, 3.05) is 34.2 Å². The van der Waals surface area contributed by atoms with E-state index < -0.39 is 29.8 Å². The van der Waals surface area contributed by atoms with Gasteiger partial charge in [0.05, 0.1) is 45.5 Å². The van der Waals surface area contributed by atoms with Crippen LogP contribution in [0.1, 0.15) is 59.5 Å². The Morgan fingerprint density at radius 3 is 2.05 bits per heavy atom. The molecule has 1 aromatic carbocycles. The minimum atomic E-state index is -0.759. The van der Waals surface area contributed by atoms with Gasteiger partial charge in [-0.3, -0.25) is 9.78 Å². The lowest BCUT2D eigenvalue weighted by molar-refractivity contribution is -0.135. The highest BCUT2D eigenvalue weighted by molar-refractivity contribution is 6.31. The van der Waals surface area contributed by atoms with Crippen LogP contribution in [0.5, 0.6) is 0 Å². The van der Waals surface area contributed by atoms with E-state index >= 15 is 0 Å². The summed E-state index contributed by atoms with van der Waals surface area (Å²) in [5.41, 5.74) is 9.52. The zero-order valence-corrected chi connectivity index (χ0v) is 30.8. The molecule has 0 radical (unpaired) electrons. The number of carbonyl (C=O) groups is 5. The number of aryl methyl sites for hydroxylation is 2. The van der Waals surface area contributed by atoms with E-state index in [-0.39, 0.29) is 35.9 Å². The van der Waals surface area contributed by atoms with Crippen molar-refractivity contribution < 1.29 is 42.9 Å². The van der Waals surface area contributed by atoms with Crippen molar-refractivity contribution in [2.45, 2.75) is 26.9 Å². The average Bonchev–Trinajstić information content (AvgIpc) is 3.84. The molecule has 0 aliphatic heterocycles. The van der Waals surface area contributed by atoms with Gasteiger partial charge in [0.25, 0.3) is 5.91 Å². The molecule has 0 spiro atoms. The second-order valence-corrected chi connectivity index (χ2v) is 11.0. The summed E-state index contributed by atoms with van der Waals surface area (Å²) in [6.45, 7) is 4.24. The third kappa shape index (κ3) is 11.8. The molecule has 0 fully saturated rings. The number of aromatic amines is 1. The maximum Gasteiger partial charge on any atom is 0.384 e. The quantitative estimate of drug-likeness (QED) is 0.0917. The van der Waals surface area contributed by atoms with Crippen LogP contribution >= 0.6 is 11.6 Å². The second kappa shape index (κ2) is 20.0. The first kappa shape index (κ1) is 42.0. The summed E-state index contributed by atoms with van der Waals surface area (Å²) in [6, 6.07) is 11.2. The number of halogens is 1. The summed E-state index contributed by atoms with van der Waals surface area (Å²) >= 11 is 6.03. The highest BCUT2D eigenvalue weighted by Gasteiger charge is 2.23. The van der Waals surface area contributed by atoms with E-state index in [1.807, 2.05) is 56.0 Å². The second-order valence-electron chi connectivity index (χ2n) is 10.6. The molecule has 284 valence electrons. The molecule has 0 bridgehead atoms. The maximum atomic E-state index is 12.7. The number of fused-ring (bicyclic) bond motifs is 1. The molecule has 0 saturated heterocycles. The van der Waals surface area contributed by atoms with Crippen LogP contribution in [0.2, 0.25) is 5.02 Å². The number of pyridine rings is 2.